The predicted molar refractivity (Wildman–Crippen MR) is 108 cm³/mol. The van der Waals surface area contributed by atoms with Crippen molar-refractivity contribution in [2.45, 2.75) is 64.5 Å². The quantitative estimate of drug-likeness (QED) is 0.568. The second-order valence-electron chi connectivity index (χ2n) is 7.26. The third-order valence-electron chi connectivity index (χ3n) is 5.34. The van der Waals surface area contributed by atoms with Crippen LogP contribution < -0.4 is 14.8 Å². The van der Waals surface area contributed by atoms with Crippen LogP contribution in [0.5, 0.6) is 11.5 Å². The first kappa shape index (κ1) is 20.5. The summed E-state index contributed by atoms with van der Waals surface area (Å²) in [5.74, 6) is 2.06. The van der Waals surface area contributed by atoms with Gasteiger partial charge in [0.15, 0.2) is 11.5 Å². The Bertz CT molecular complexity index is 720. The van der Waals surface area contributed by atoms with E-state index in [9.17, 15) is 4.79 Å². The fourth-order valence-electron chi connectivity index (χ4n) is 3.82. The van der Waals surface area contributed by atoms with E-state index >= 15 is 0 Å². The monoisotopic (exact) mass is 389 g/mol. The number of aliphatic hydroxyl groups excluding tert-OH is 1. The van der Waals surface area contributed by atoms with Crippen molar-refractivity contribution in [2.75, 3.05) is 20.3 Å². The van der Waals surface area contributed by atoms with Crippen molar-refractivity contribution in [3.8, 4) is 11.5 Å². The van der Waals surface area contributed by atoms with Crippen molar-refractivity contribution >= 4 is 17.6 Å². The number of aliphatic hydroxyl groups is 1. The van der Waals surface area contributed by atoms with E-state index in [2.05, 4.69) is 10.3 Å². The predicted octanol–water partition coefficient (Wildman–Crippen LogP) is 3.12. The minimum atomic E-state index is -0.188. The van der Waals surface area contributed by atoms with Gasteiger partial charge in [-0.3, -0.25) is 10.1 Å². The largest absolute Gasteiger partial charge is 0.492 e. The molecule has 28 heavy (non-hydrogen) atoms. The lowest BCUT2D eigenvalue weighted by Gasteiger charge is -2.28. The molecule has 2 aliphatic rings. The van der Waals surface area contributed by atoms with E-state index in [1.807, 2.05) is 24.0 Å². The summed E-state index contributed by atoms with van der Waals surface area (Å²) in [6.07, 6.45) is 7.14. The summed E-state index contributed by atoms with van der Waals surface area (Å²) >= 11 is 0. The lowest BCUT2D eigenvalue weighted by atomic mass is 10.1. The van der Waals surface area contributed by atoms with Crippen molar-refractivity contribution in [1.29, 1.82) is 0 Å². The van der Waals surface area contributed by atoms with Crippen molar-refractivity contribution in [3.63, 3.8) is 0 Å². The Morgan fingerprint density at radius 1 is 1.21 bits per heavy atom. The molecule has 2 heterocycles. The molecule has 0 bridgehead atoms. The number of benzene rings is 1. The van der Waals surface area contributed by atoms with E-state index in [4.69, 9.17) is 14.6 Å². The van der Waals surface area contributed by atoms with Crippen LogP contribution in [0.3, 0.4) is 0 Å². The Morgan fingerprint density at radius 2 is 1.96 bits per heavy atom. The Labute approximate surface area is 166 Å². The van der Waals surface area contributed by atoms with Gasteiger partial charge < -0.3 is 19.5 Å². The molecule has 0 aliphatic carbocycles. The summed E-state index contributed by atoms with van der Waals surface area (Å²) in [6, 6.07) is 3.64. The summed E-state index contributed by atoms with van der Waals surface area (Å²) in [4.78, 5) is 18.7. The lowest BCUT2D eigenvalue weighted by molar-refractivity contribution is -0.121. The zero-order chi connectivity index (χ0) is 19.9. The number of aliphatic imine (C=N–C) groups is 1. The van der Waals surface area contributed by atoms with Crippen LogP contribution in [0.1, 0.15) is 57.4 Å². The number of amides is 1. The zero-order valence-electron chi connectivity index (χ0n) is 16.9. The number of unbranched alkanes of at least 4 members (excludes halogenated alkanes) is 5. The molecule has 0 radical (unpaired) electrons. The maximum atomic E-state index is 12.1. The molecule has 1 atom stereocenters. The Hall–Kier alpha value is -2.28. The summed E-state index contributed by atoms with van der Waals surface area (Å²) in [5.41, 5.74) is 1.78. The van der Waals surface area contributed by atoms with E-state index < -0.39 is 0 Å². The first-order valence-electron chi connectivity index (χ1n) is 10.3. The molecular formula is C21H31N3O4. The second kappa shape index (κ2) is 9.78. The number of fused-ring (bicyclic) bond motifs is 2. The molecule has 1 fully saturated rings. The maximum absolute atomic E-state index is 12.1. The van der Waals surface area contributed by atoms with Crippen LogP contribution in [0.15, 0.2) is 17.1 Å². The van der Waals surface area contributed by atoms with E-state index in [1.54, 1.807) is 7.11 Å². The highest BCUT2D eigenvalue weighted by atomic mass is 16.5. The number of hydrogen-bond acceptors (Lipinski definition) is 6. The molecule has 2 aliphatic heterocycles. The topological polar surface area (TPSA) is 83.4 Å². The van der Waals surface area contributed by atoms with Gasteiger partial charge in [0.05, 0.1) is 25.9 Å². The van der Waals surface area contributed by atoms with Gasteiger partial charge in [-0.1, -0.05) is 32.6 Å². The molecule has 1 unspecified atom stereocenters. The van der Waals surface area contributed by atoms with Gasteiger partial charge in [0.25, 0.3) is 0 Å². The highest BCUT2D eigenvalue weighted by Crippen LogP contribution is 2.41. The van der Waals surface area contributed by atoms with E-state index in [0.717, 1.165) is 61.9 Å². The molecule has 1 aromatic carbocycles. The van der Waals surface area contributed by atoms with Gasteiger partial charge >= 0.3 is 0 Å². The van der Waals surface area contributed by atoms with Gasteiger partial charge in [-0.15, -0.1) is 0 Å². The standard InChI is InChI=1S/C21H31N3O4/c1-3-17-20(26)23-21-22-16-10-11-18(19(27-2)15(16)14-24(17)21)28-13-9-7-5-4-6-8-12-25/h10-11,17,25H,3-9,12-14H2,1-2H3,(H,22,23,26). The van der Waals surface area contributed by atoms with E-state index in [0.29, 0.717) is 24.9 Å². The minimum Gasteiger partial charge on any atom is -0.492 e. The van der Waals surface area contributed by atoms with Gasteiger partial charge in [0.1, 0.15) is 6.04 Å². The molecule has 7 heteroatoms. The molecule has 0 saturated carbocycles. The third-order valence-corrected chi connectivity index (χ3v) is 5.34. The molecule has 3 rings (SSSR count). The molecule has 1 saturated heterocycles. The number of rotatable bonds is 11. The number of nitrogens with zero attached hydrogens (tertiary/aromatic N) is 2. The fourth-order valence-corrected chi connectivity index (χ4v) is 3.82. The molecule has 0 spiro atoms. The molecule has 1 amide bonds. The number of hydrogen-bond donors (Lipinski definition) is 2. The molecule has 2 N–H and O–H groups in total. The van der Waals surface area contributed by atoms with Crippen molar-refractivity contribution < 1.29 is 19.4 Å². The van der Waals surface area contributed by atoms with Gasteiger partial charge in [0.2, 0.25) is 11.9 Å². The highest BCUT2D eigenvalue weighted by Gasteiger charge is 2.39. The van der Waals surface area contributed by atoms with Crippen LogP contribution in [-0.4, -0.2) is 48.2 Å². The van der Waals surface area contributed by atoms with Gasteiger partial charge in [-0.05, 0) is 31.4 Å². The summed E-state index contributed by atoms with van der Waals surface area (Å²) < 4.78 is 11.7. The van der Waals surface area contributed by atoms with Crippen molar-refractivity contribution in [2.24, 2.45) is 4.99 Å². The van der Waals surface area contributed by atoms with Crippen LogP contribution in [0.4, 0.5) is 5.69 Å². The van der Waals surface area contributed by atoms with Gasteiger partial charge in [-0.25, -0.2) is 4.99 Å². The summed E-state index contributed by atoms with van der Waals surface area (Å²) in [5, 5.41) is 11.7. The smallest absolute Gasteiger partial charge is 0.249 e. The van der Waals surface area contributed by atoms with Crippen LogP contribution in [0.2, 0.25) is 0 Å². The number of methoxy groups -OCH3 is 1. The average Bonchev–Trinajstić information content (AvgIpc) is 3.01. The van der Waals surface area contributed by atoms with Crippen LogP contribution >= 0.6 is 0 Å². The van der Waals surface area contributed by atoms with Crippen LogP contribution in [0, 0.1) is 0 Å². The maximum Gasteiger partial charge on any atom is 0.249 e. The fraction of sp³-hybridized carbons (Fsp3) is 0.619. The first-order chi connectivity index (χ1) is 13.7. The number of guanidine groups is 1. The van der Waals surface area contributed by atoms with E-state index in [-0.39, 0.29) is 18.6 Å². The molecule has 1 aromatic rings. The molecule has 154 valence electrons. The second-order valence-corrected chi connectivity index (χ2v) is 7.26. The van der Waals surface area contributed by atoms with Crippen LogP contribution in [-0.2, 0) is 11.3 Å². The third kappa shape index (κ3) is 4.41. The summed E-state index contributed by atoms with van der Waals surface area (Å²) in [7, 11) is 1.65. The molecule has 7 nitrogen and oxygen atoms in total. The number of ether oxygens (including phenoxy) is 2. The van der Waals surface area contributed by atoms with Gasteiger partial charge in [0, 0.05) is 12.2 Å². The highest BCUT2D eigenvalue weighted by molar-refractivity contribution is 6.07. The average molecular weight is 389 g/mol. The Kier molecular flexibility index (Phi) is 7.14. The summed E-state index contributed by atoms with van der Waals surface area (Å²) in [6.45, 7) is 3.51. The first-order valence-corrected chi connectivity index (χ1v) is 10.3. The SMILES string of the molecule is CCC1C(=O)NC2=Nc3ccc(OCCCCCCCCO)c(OC)c3CN21. The number of carbonyl (C=O) groups excluding carboxylic acids is 1. The zero-order valence-corrected chi connectivity index (χ0v) is 16.9. The number of carbonyl (C=O) groups is 1. The normalized spacial score (nSPS) is 17.7. The number of nitrogens with one attached hydrogen (secondary N) is 1. The van der Waals surface area contributed by atoms with Crippen LogP contribution in [0.25, 0.3) is 0 Å². The Balaban J connectivity index is 1.61. The van der Waals surface area contributed by atoms with Gasteiger partial charge in [-0.2, -0.15) is 0 Å². The van der Waals surface area contributed by atoms with Crippen molar-refractivity contribution in [1.82, 2.24) is 10.2 Å². The van der Waals surface area contributed by atoms with Crippen molar-refractivity contribution in [3.05, 3.63) is 17.7 Å². The minimum absolute atomic E-state index is 0.00323. The molecular weight excluding hydrogens is 358 g/mol. The lowest BCUT2D eigenvalue weighted by Crippen LogP contribution is -2.36. The van der Waals surface area contributed by atoms with E-state index in [1.165, 1.54) is 0 Å². The molecule has 0 aromatic heterocycles. The Morgan fingerprint density at radius 3 is 2.68 bits per heavy atom.